The number of amides is 2. The van der Waals surface area contributed by atoms with E-state index >= 15 is 0 Å². The van der Waals surface area contributed by atoms with E-state index < -0.39 is 6.10 Å². The van der Waals surface area contributed by atoms with Crippen LogP contribution in [0.2, 0.25) is 0 Å². The Bertz CT molecular complexity index is 991. The van der Waals surface area contributed by atoms with Crippen molar-refractivity contribution in [3.63, 3.8) is 0 Å². The van der Waals surface area contributed by atoms with Gasteiger partial charge in [-0.05, 0) is 40.1 Å². The maximum Gasteiger partial charge on any atom is 0.247 e. The van der Waals surface area contributed by atoms with E-state index in [4.69, 9.17) is 0 Å². The second-order valence-corrected chi connectivity index (χ2v) is 6.46. The molecule has 28 heavy (non-hydrogen) atoms. The van der Waals surface area contributed by atoms with Gasteiger partial charge in [0.1, 0.15) is 0 Å². The molecule has 0 radical (unpaired) electrons. The van der Waals surface area contributed by atoms with Gasteiger partial charge in [-0.2, -0.15) is 0 Å². The molecule has 3 aromatic rings. The van der Waals surface area contributed by atoms with Crippen molar-refractivity contribution in [2.24, 2.45) is 0 Å². The third-order valence-corrected chi connectivity index (χ3v) is 4.45. The summed E-state index contributed by atoms with van der Waals surface area (Å²) in [4.78, 5) is 23.5. The van der Waals surface area contributed by atoms with Crippen LogP contribution in [0, 0.1) is 0 Å². The third-order valence-electron chi connectivity index (χ3n) is 4.45. The zero-order chi connectivity index (χ0) is 19.9. The van der Waals surface area contributed by atoms with Crippen molar-refractivity contribution in [2.75, 3.05) is 11.9 Å². The van der Waals surface area contributed by atoms with Gasteiger partial charge >= 0.3 is 0 Å². The van der Waals surface area contributed by atoms with Crippen molar-refractivity contribution in [1.29, 1.82) is 0 Å². The van der Waals surface area contributed by atoms with Crippen LogP contribution < -0.4 is 10.6 Å². The highest BCUT2D eigenvalue weighted by Gasteiger charge is 2.12. The average Bonchev–Trinajstić information content (AvgIpc) is 2.73. The summed E-state index contributed by atoms with van der Waals surface area (Å²) in [6.07, 6.45) is 0.604. The Labute approximate surface area is 163 Å². The Hall–Kier alpha value is -3.44. The number of rotatable bonds is 7. The van der Waals surface area contributed by atoms with Crippen LogP contribution in [0.3, 0.4) is 0 Å². The minimum Gasteiger partial charge on any atom is -0.387 e. The van der Waals surface area contributed by atoms with Gasteiger partial charge in [0.05, 0.1) is 12.5 Å². The van der Waals surface area contributed by atoms with E-state index in [-0.39, 0.29) is 24.8 Å². The van der Waals surface area contributed by atoms with Crippen LogP contribution in [0.1, 0.15) is 17.2 Å². The van der Waals surface area contributed by atoms with Gasteiger partial charge in [-0.15, -0.1) is 0 Å². The molecule has 0 aromatic heterocycles. The molecule has 5 heteroatoms. The number of anilines is 1. The smallest absolute Gasteiger partial charge is 0.247 e. The molecule has 0 heterocycles. The van der Waals surface area contributed by atoms with Crippen LogP contribution in [0.5, 0.6) is 0 Å². The van der Waals surface area contributed by atoms with Gasteiger partial charge in [0.25, 0.3) is 0 Å². The van der Waals surface area contributed by atoms with Crippen LogP contribution in [-0.2, 0) is 16.0 Å². The van der Waals surface area contributed by atoms with E-state index in [2.05, 4.69) is 17.2 Å². The van der Waals surface area contributed by atoms with Crippen LogP contribution in [0.25, 0.3) is 10.8 Å². The molecule has 3 rings (SSSR count). The second kappa shape index (κ2) is 8.97. The first kappa shape index (κ1) is 19.3. The number of aliphatic hydroxyl groups excluding tert-OH is 1. The van der Waals surface area contributed by atoms with E-state index in [1.165, 1.54) is 6.08 Å². The quantitative estimate of drug-likeness (QED) is 0.555. The maximum atomic E-state index is 12.2. The zero-order valence-corrected chi connectivity index (χ0v) is 15.4. The number of hydrogen-bond acceptors (Lipinski definition) is 3. The third kappa shape index (κ3) is 4.84. The summed E-state index contributed by atoms with van der Waals surface area (Å²) in [5.74, 6) is -0.463. The summed E-state index contributed by atoms with van der Waals surface area (Å²) < 4.78 is 0. The SMILES string of the molecule is C=CC(=O)Nc1ccc(CC(=O)NCC(O)c2cccc3ccccc23)cc1. The first-order valence-corrected chi connectivity index (χ1v) is 9.01. The number of benzene rings is 3. The predicted octanol–water partition coefficient (Wildman–Crippen LogP) is 3.36. The van der Waals surface area contributed by atoms with Crippen LogP contribution >= 0.6 is 0 Å². The van der Waals surface area contributed by atoms with Gasteiger partial charge in [0.15, 0.2) is 0 Å². The van der Waals surface area contributed by atoms with Gasteiger partial charge in [0, 0.05) is 12.2 Å². The van der Waals surface area contributed by atoms with Crippen LogP contribution in [-0.4, -0.2) is 23.5 Å². The highest BCUT2D eigenvalue weighted by molar-refractivity contribution is 5.98. The molecule has 0 saturated heterocycles. The summed E-state index contributed by atoms with van der Waals surface area (Å²) in [7, 11) is 0. The van der Waals surface area contributed by atoms with Gasteiger partial charge in [0.2, 0.25) is 11.8 Å². The minimum atomic E-state index is -0.786. The predicted molar refractivity (Wildman–Crippen MR) is 111 cm³/mol. The van der Waals surface area contributed by atoms with Crippen molar-refractivity contribution in [2.45, 2.75) is 12.5 Å². The van der Waals surface area contributed by atoms with E-state index in [1.807, 2.05) is 42.5 Å². The molecule has 1 atom stereocenters. The molecule has 2 amide bonds. The first-order valence-electron chi connectivity index (χ1n) is 9.01. The number of fused-ring (bicyclic) bond motifs is 1. The molecule has 0 spiro atoms. The number of hydrogen-bond donors (Lipinski definition) is 3. The van der Waals surface area contributed by atoms with Gasteiger partial charge in [-0.1, -0.05) is 61.2 Å². The number of aliphatic hydroxyl groups is 1. The first-order chi connectivity index (χ1) is 13.6. The Morgan fingerprint density at radius 2 is 1.71 bits per heavy atom. The molecule has 5 nitrogen and oxygen atoms in total. The number of nitrogens with one attached hydrogen (secondary N) is 2. The largest absolute Gasteiger partial charge is 0.387 e. The monoisotopic (exact) mass is 374 g/mol. The molecule has 0 saturated carbocycles. The lowest BCUT2D eigenvalue weighted by atomic mass is 10.0. The fourth-order valence-corrected chi connectivity index (χ4v) is 3.01. The topological polar surface area (TPSA) is 78.4 Å². The molecule has 1 unspecified atom stereocenters. The standard InChI is InChI=1S/C23H22N2O3/c1-2-22(27)25-18-12-10-16(11-13-18)14-23(28)24-15-21(26)20-9-5-7-17-6-3-4-8-19(17)20/h2-13,21,26H,1,14-15H2,(H,24,28)(H,25,27). The highest BCUT2D eigenvalue weighted by Crippen LogP contribution is 2.23. The second-order valence-electron chi connectivity index (χ2n) is 6.46. The van der Waals surface area contributed by atoms with E-state index in [1.54, 1.807) is 24.3 Å². The number of carbonyl (C=O) groups excluding carboxylic acids is 2. The Morgan fingerprint density at radius 3 is 2.46 bits per heavy atom. The molecular formula is C23H22N2O3. The molecular weight excluding hydrogens is 352 g/mol. The van der Waals surface area contributed by atoms with E-state index in [9.17, 15) is 14.7 Å². The van der Waals surface area contributed by atoms with Crippen LogP contribution in [0.4, 0.5) is 5.69 Å². The Balaban J connectivity index is 1.56. The number of carbonyl (C=O) groups is 2. The lowest BCUT2D eigenvalue weighted by Gasteiger charge is -2.15. The van der Waals surface area contributed by atoms with Crippen LogP contribution in [0.15, 0.2) is 79.4 Å². The van der Waals surface area contributed by atoms with Crippen molar-refractivity contribution in [3.05, 3.63) is 90.5 Å². The zero-order valence-electron chi connectivity index (χ0n) is 15.4. The molecule has 0 fully saturated rings. The fraction of sp³-hybridized carbons (Fsp3) is 0.130. The molecule has 0 aliphatic carbocycles. The average molecular weight is 374 g/mol. The minimum absolute atomic E-state index is 0.139. The molecule has 3 aromatic carbocycles. The Kier molecular flexibility index (Phi) is 6.19. The van der Waals surface area contributed by atoms with Gasteiger partial charge < -0.3 is 15.7 Å². The fourth-order valence-electron chi connectivity index (χ4n) is 3.01. The Morgan fingerprint density at radius 1 is 1.00 bits per heavy atom. The van der Waals surface area contributed by atoms with Crippen molar-refractivity contribution >= 4 is 28.3 Å². The van der Waals surface area contributed by atoms with Gasteiger partial charge in [-0.25, -0.2) is 0 Å². The molecule has 0 bridgehead atoms. The molecule has 3 N–H and O–H groups in total. The summed E-state index contributed by atoms with van der Waals surface area (Å²) in [5.41, 5.74) is 2.25. The summed E-state index contributed by atoms with van der Waals surface area (Å²) >= 11 is 0. The summed E-state index contributed by atoms with van der Waals surface area (Å²) in [6, 6.07) is 20.6. The molecule has 142 valence electrons. The van der Waals surface area contributed by atoms with E-state index in [0.29, 0.717) is 5.69 Å². The van der Waals surface area contributed by atoms with E-state index in [0.717, 1.165) is 21.9 Å². The van der Waals surface area contributed by atoms with Crippen molar-refractivity contribution < 1.29 is 14.7 Å². The van der Waals surface area contributed by atoms with Gasteiger partial charge in [-0.3, -0.25) is 9.59 Å². The lowest BCUT2D eigenvalue weighted by molar-refractivity contribution is -0.121. The normalized spacial score (nSPS) is 11.6. The summed E-state index contributed by atoms with van der Waals surface area (Å²) in [6.45, 7) is 3.54. The molecule has 0 aliphatic rings. The highest BCUT2D eigenvalue weighted by atomic mass is 16.3. The molecule has 0 aliphatic heterocycles. The maximum absolute atomic E-state index is 12.2. The van der Waals surface area contributed by atoms with Crippen molar-refractivity contribution in [1.82, 2.24) is 5.32 Å². The lowest BCUT2D eigenvalue weighted by Crippen LogP contribution is -2.29. The summed E-state index contributed by atoms with van der Waals surface area (Å²) in [5, 5.41) is 18.0. The van der Waals surface area contributed by atoms with Crippen molar-refractivity contribution in [3.8, 4) is 0 Å².